The lowest BCUT2D eigenvalue weighted by molar-refractivity contribution is 0.111. The van der Waals surface area contributed by atoms with Crippen molar-refractivity contribution in [2.45, 2.75) is 4.90 Å². The van der Waals surface area contributed by atoms with Crippen molar-refractivity contribution in [1.29, 1.82) is 0 Å². The van der Waals surface area contributed by atoms with Gasteiger partial charge in [0.1, 0.15) is 16.5 Å². The highest BCUT2D eigenvalue weighted by Gasteiger charge is 2.17. The molecule has 1 rings (SSSR count). The van der Waals surface area contributed by atoms with Crippen LogP contribution in [0, 0.1) is 11.6 Å². The molecule has 0 aromatic heterocycles. The molecule has 0 amide bonds. The fourth-order valence-corrected chi connectivity index (χ4v) is 1.45. The molecular weight excluding hydrogens is 216 g/mol. The second-order valence-electron chi connectivity index (χ2n) is 2.47. The summed E-state index contributed by atoms with van der Waals surface area (Å²) in [5, 5.41) is 4.60. The van der Waals surface area contributed by atoms with Crippen molar-refractivity contribution in [1.82, 2.24) is 0 Å². The SMILES string of the molecule is NS(=O)(=O)c1cc(F)c(C=O)cc1F. The van der Waals surface area contributed by atoms with Crippen molar-refractivity contribution < 1.29 is 22.0 Å². The van der Waals surface area contributed by atoms with Crippen molar-refractivity contribution in [3.63, 3.8) is 0 Å². The summed E-state index contributed by atoms with van der Waals surface area (Å²) in [5.41, 5.74) is -0.560. The second-order valence-corrected chi connectivity index (χ2v) is 4.00. The van der Waals surface area contributed by atoms with E-state index in [1.807, 2.05) is 0 Å². The molecule has 1 aromatic carbocycles. The molecule has 0 saturated heterocycles. The van der Waals surface area contributed by atoms with Gasteiger partial charge in [0.2, 0.25) is 10.0 Å². The predicted molar refractivity (Wildman–Crippen MR) is 43.1 cm³/mol. The van der Waals surface area contributed by atoms with Crippen LogP contribution in [0.1, 0.15) is 10.4 Å². The Kier molecular flexibility index (Phi) is 2.63. The molecule has 0 aliphatic carbocycles. The van der Waals surface area contributed by atoms with E-state index in [4.69, 9.17) is 0 Å². The van der Waals surface area contributed by atoms with E-state index in [-0.39, 0.29) is 6.29 Å². The lowest BCUT2D eigenvalue weighted by Gasteiger charge is -2.01. The van der Waals surface area contributed by atoms with Crippen molar-refractivity contribution in [2.75, 3.05) is 0 Å². The summed E-state index contributed by atoms with van der Waals surface area (Å²) in [6, 6.07) is 0.844. The van der Waals surface area contributed by atoms with Gasteiger partial charge in [-0.15, -0.1) is 0 Å². The van der Waals surface area contributed by atoms with Gasteiger partial charge in [-0.1, -0.05) is 0 Å². The molecule has 0 radical (unpaired) electrons. The van der Waals surface area contributed by atoms with E-state index in [2.05, 4.69) is 5.14 Å². The molecule has 0 atom stereocenters. The molecule has 0 aliphatic heterocycles. The molecule has 0 fully saturated rings. The number of carbonyl (C=O) groups excluding carboxylic acids is 1. The maximum Gasteiger partial charge on any atom is 0.241 e. The standard InChI is InChI=1S/C7H5F2NO3S/c8-5-2-7(14(10,12)13)6(9)1-4(5)3-11/h1-3H,(H2,10,12,13). The van der Waals surface area contributed by atoms with Crippen molar-refractivity contribution >= 4 is 16.3 Å². The van der Waals surface area contributed by atoms with Gasteiger partial charge in [-0.25, -0.2) is 22.3 Å². The topological polar surface area (TPSA) is 77.2 Å². The Morgan fingerprint density at radius 1 is 1.21 bits per heavy atom. The Balaban J connectivity index is 3.52. The smallest absolute Gasteiger partial charge is 0.241 e. The van der Waals surface area contributed by atoms with Gasteiger partial charge in [0.05, 0.1) is 5.56 Å². The summed E-state index contributed by atoms with van der Waals surface area (Å²) in [4.78, 5) is 9.18. The average molecular weight is 221 g/mol. The van der Waals surface area contributed by atoms with Gasteiger partial charge in [0, 0.05) is 0 Å². The van der Waals surface area contributed by atoms with Gasteiger partial charge < -0.3 is 0 Å². The predicted octanol–water partition coefficient (Wildman–Crippen LogP) is 0.425. The Hall–Kier alpha value is -1.34. The first-order valence-corrected chi connectivity index (χ1v) is 4.88. The number of benzene rings is 1. The van der Waals surface area contributed by atoms with Crippen LogP contribution >= 0.6 is 0 Å². The van der Waals surface area contributed by atoms with Gasteiger partial charge in [-0.3, -0.25) is 4.79 Å². The second kappa shape index (κ2) is 3.43. The van der Waals surface area contributed by atoms with E-state index in [1.54, 1.807) is 0 Å². The first-order valence-electron chi connectivity index (χ1n) is 3.33. The summed E-state index contributed by atoms with van der Waals surface area (Å²) < 4.78 is 47.1. The van der Waals surface area contributed by atoms with Crippen LogP contribution in [0.5, 0.6) is 0 Å². The van der Waals surface area contributed by atoms with Gasteiger partial charge in [-0.2, -0.15) is 0 Å². The Bertz CT molecular complexity index is 484. The Morgan fingerprint density at radius 2 is 1.79 bits per heavy atom. The number of rotatable bonds is 2. The zero-order valence-corrected chi connectivity index (χ0v) is 7.51. The van der Waals surface area contributed by atoms with E-state index in [0.29, 0.717) is 12.1 Å². The highest BCUT2D eigenvalue weighted by molar-refractivity contribution is 7.89. The number of halogens is 2. The van der Waals surface area contributed by atoms with E-state index < -0.39 is 32.1 Å². The third-order valence-corrected chi connectivity index (χ3v) is 2.41. The number of hydrogen-bond donors (Lipinski definition) is 1. The van der Waals surface area contributed by atoms with Gasteiger partial charge in [0.25, 0.3) is 0 Å². The molecule has 0 bridgehead atoms. The summed E-state index contributed by atoms with van der Waals surface area (Å²) in [7, 11) is -4.31. The minimum absolute atomic E-state index is 0.0747. The summed E-state index contributed by atoms with van der Waals surface area (Å²) in [6.07, 6.45) is 0.0747. The molecule has 0 spiro atoms. The average Bonchev–Trinajstić information content (AvgIpc) is 2.06. The normalized spacial score (nSPS) is 11.4. The van der Waals surface area contributed by atoms with Crippen molar-refractivity contribution in [3.8, 4) is 0 Å². The molecule has 0 saturated carbocycles. The Morgan fingerprint density at radius 3 is 2.21 bits per heavy atom. The van der Waals surface area contributed by atoms with Crippen LogP contribution < -0.4 is 5.14 Å². The maximum atomic E-state index is 12.9. The van der Waals surface area contributed by atoms with Crippen LogP contribution in [0.2, 0.25) is 0 Å². The van der Waals surface area contributed by atoms with Gasteiger partial charge in [0.15, 0.2) is 6.29 Å². The fourth-order valence-electron chi connectivity index (χ4n) is 0.852. The molecule has 0 unspecified atom stereocenters. The number of hydrogen-bond acceptors (Lipinski definition) is 3. The third kappa shape index (κ3) is 1.94. The number of carbonyl (C=O) groups is 1. The number of aldehydes is 1. The minimum Gasteiger partial charge on any atom is -0.298 e. The number of nitrogens with two attached hydrogens (primary N) is 1. The molecule has 0 heterocycles. The summed E-state index contributed by atoms with van der Waals surface area (Å²) in [6.45, 7) is 0. The van der Waals surface area contributed by atoms with Gasteiger partial charge in [-0.05, 0) is 12.1 Å². The first kappa shape index (κ1) is 10.7. The van der Waals surface area contributed by atoms with E-state index in [1.165, 1.54) is 0 Å². The van der Waals surface area contributed by atoms with Gasteiger partial charge >= 0.3 is 0 Å². The molecule has 0 aliphatic rings. The molecule has 2 N–H and O–H groups in total. The maximum absolute atomic E-state index is 12.9. The van der Waals surface area contributed by atoms with Crippen LogP contribution in [-0.4, -0.2) is 14.7 Å². The summed E-state index contributed by atoms with van der Waals surface area (Å²) in [5.74, 6) is -2.39. The molecule has 4 nitrogen and oxygen atoms in total. The lowest BCUT2D eigenvalue weighted by atomic mass is 10.2. The molecule has 7 heteroatoms. The fraction of sp³-hybridized carbons (Fsp3) is 0. The van der Waals surface area contributed by atoms with E-state index in [0.717, 1.165) is 0 Å². The highest BCUT2D eigenvalue weighted by atomic mass is 32.2. The minimum atomic E-state index is -4.31. The first-order chi connectivity index (χ1) is 6.36. The highest BCUT2D eigenvalue weighted by Crippen LogP contribution is 2.16. The van der Waals surface area contributed by atoms with Crippen molar-refractivity contribution in [2.24, 2.45) is 5.14 Å². The summed E-state index contributed by atoms with van der Waals surface area (Å²) >= 11 is 0. The molecular formula is C7H5F2NO3S. The van der Waals surface area contributed by atoms with Crippen molar-refractivity contribution in [3.05, 3.63) is 29.3 Å². The quantitative estimate of drug-likeness (QED) is 0.735. The zero-order valence-electron chi connectivity index (χ0n) is 6.70. The zero-order chi connectivity index (χ0) is 10.9. The van der Waals surface area contributed by atoms with Crippen LogP contribution in [0.25, 0.3) is 0 Å². The van der Waals surface area contributed by atoms with Crippen LogP contribution in [0.3, 0.4) is 0 Å². The molecule has 76 valence electrons. The largest absolute Gasteiger partial charge is 0.298 e. The number of sulfonamides is 1. The van der Waals surface area contributed by atoms with E-state index in [9.17, 15) is 22.0 Å². The third-order valence-electron chi connectivity index (χ3n) is 1.48. The number of primary sulfonamides is 1. The lowest BCUT2D eigenvalue weighted by Crippen LogP contribution is -2.15. The molecule has 1 aromatic rings. The molecule has 14 heavy (non-hydrogen) atoms. The monoisotopic (exact) mass is 221 g/mol. The van der Waals surface area contributed by atoms with Crippen LogP contribution in [-0.2, 0) is 10.0 Å². The van der Waals surface area contributed by atoms with Crippen LogP contribution in [0.4, 0.5) is 8.78 Å². The van der Waals surface area contributed by atoms with E-state index >= 15 is 0 Å². The Labute approximate surface area is 78.4 Å². The van der Waals surface area contributed by atoms with Crippen LogP contribution in [0.15, 0.2) is 17.0 Å².